The zero-order valence-corrected chi connectivity index (χ0v) is 10.8. The lowest BCUT2D eigenvalue weighted by Crippen LogP contribution is -2.28. The quantitative estimate of drug-likeness (QED) is 0.606. The van der Waals surface area contributed by atoms with Crippen molar-refractivity contribution in [2.24, 2.45) is 5.92 Å². The summed E-state index contributed by atoms with van der Waals surface area (Å²) in [6.07, 6.45) is 3.99. The van der Waals surface area contributed by atoms with E-state index >= 15 is 0 Å². The maximum Gasteiger partial charge on any atom is 0.314 e. The van der Waals surface area contributed by atoms with Crippen molar-refractivity contribution in [1.29, 1.82) is 0 Å². The third-order valence-electron chi connectivity index (χ3n) is 3.37. The van der Waals surface area contributed by atoms with E-state index in [1.54, 1.807) is 0 Å². The van der Waals surface area contributed by atoms with Gasteiger partial charge >= 0.3 is 5.97 Å². The molecule has 0 aliphatic heterocycles. The highest BCUT2D eigenvalue weighted by molar-refractivity contribution is 5.75. The fraction of sp³-hybridized carbons (Fsp3) is 0.533. The molecule has 0 N–H and O–H groups in total. The summed E-state index contributed by atoms with van der Waals surface area (Å²) in [6.45, 7) is 2.76. The van der Waals surface area contributed by atoms with Crippen LogP contribution in [0, 0.1) is 5.92 Å². The highest BCUT2D eigenvalue weighted by Crippen LogP contribution is 2.27. The fourth-order valence-corrected chi connectivity index (χ4v) is 2.39. The van der Waals surface area contributed by atoms with E-state index in [0.717, 1.165) is 32.3 Å². The van der Waals surface area contributed by atoms with Gasteiger partial charge in [0.2, 0.25) is 0 Å². The molecule has 18 heavy (non-hydrogen) atoms. The van der Waals surface area contributed by atoms with Crippen molar-refractivity contribution in [3.63, 3.8) is 0 Å². The minimum absolute atomic E-state index is 0.0295. The first-order chi connectivity index (χ1) is 8.79. The van der Waals surface area contributed by atoms with E-state index in [-0.39, 0.29) is 11.9 Å². The summed E-state index contributed by atoms with van der Waals surface area (Å²) in [4.78, 5) is 12.0. The Morgan fingerprint density at radius 3 is 2.44 bits per heavy atom. The van der Waals surface area contributed by atoms with Gasteiger partial charge in [0.1, 0.15) is 5.75 Å². The van der Waals surface area contributed by atoms with E-state index in [9.17, 15) is 4.79 Å². The maximum atomic E-state index is 12.0. The molecule has 98 valence electrons. The van der Waals surface area contributed by atoms with E-state index in [0.29, 0.717) is 11.9 Å². The van der Waals surface area contributed by atoms with Gasteiger partial charge in [0.15, 0.2) is 0 Å². The number of carbonyl (C=O) groups excluding carboxylic acids is 1. The second-order valence-corrected chi connectivity index (χ2v) is 4.66. The summed E-state index contributed by atoms with van der Waals surface area (Å²) in [5.74, 6) is 0.562. The summed E-state index contributed by atoms with van der Waals surface area (Å²) in [5, 5.41) is 0. The van der Waals surface area contributed by atoms with Gasteiger partial charge < -0.3 is 9.47 Å². The van der Waals surface area contributed by atoms with Crippen molar-refractivity contribution in [1.82, 2.24) is 0 Å². The Hall–Kier alpha value is -1.35. The standard InChI is InChI=1S/C15H20O3/c1-2-17-13-10-8-12(9-11-13)15(16)18-14-6-4-3-5-7-14/h3-7,12-13H,2,8-11H2,1H3. The highest BCUT2D eigenvalue weighted by Gasteiger charge is 2.27. The minimum atomic E-state index is -0.101. The monoisotopic (exact) mass is 248 g/mol. The number of benzene rings is 1. The van der Waals surface area contributed by atoms with Gasteiger partial charge in [-0.2, -0.15) is 0 Å². The van der Waals surface area contributed by atoms with Crippen LogP contribution in [0.25, 0.3) is 0 Å². The second-order valence-electron chi connectivity index (χ2n) is 4.66. The first kappa shape index (κ1) is 13.1. The molecule has 1 aliphatic rings. The predicted octanol–water partition coefficient (Wildman–Crippen LogP) is 3.19. The van der Waals surface area contributed by atoms with E-state index in [1.165, 1.54) is 0 Å². The molecule has 1 aliphatic carbocycles. The molecule has 1 aromatic rings. The van der Waals surface area contributed by atoms with Crippen LogP contribution in [-0.4, -0.2) is 18.7 Å². The average molecular weight is 248 g/mol. The molecule has 0 amide bonds. The third kappa shape index (κ3) is 3.57. The number of para-hydroxylation sites is 1. The summed E-state index contributed by atoms with van der Waals surface area (Å²) in [6, 6.07) is 9.27. The van der Waals surface area contributed by atoms with Crippen molar-refractivity contribution in [2.45, 2.75) is 38.7 Å². The van der Waals surface area contributed by atoms with E-state index in [2.05, 4.69) is 0 Å². The van der Waals surface area contributed by atoms with Gasteiger partial charge in [-0.3, -0.25) is 4.79 Å². The zero-order chi connectivity index (χ0) is 12.8. The third-order valence-corrected chi connectivity index (χ3v) is 3.37. The highest BCUT2D eigenvalue weighted by atomic mass is 16.5. The van der Waals surface area contributed by atoms with Crippen LogP contribution in [0.15, 0.2) is 30.3 Å². The molecule has 0 saturated heterocycles. The van der Waals surface area contributed by atoms with Crippen molar-refractivity contribution in [2.75, 3.05) is 6.61 Å². The van der Waals surface area contributed by atoms with Crippen LogP contribution in [0.4, 0.5) is 0 Å². The van der Waals surface area contributed by atoms with Crippen molar-refractivity contribution in [3.05, 3.63) is 30.3 Å². The lowest BCUT2D eigenvalue weighted by atomic mass is 9.87. The molecule has 0 spiro atoms. The molecule has 1 aromatic carbocycles. The number of hydrogen-bond acceptors (Lipinski definition) is 3. The molecule has 0 bridgehead atoms. The van der Waals surface area contributed by atoms with E-state index in [4.69, 9.17) is 9.47 Å². The largest absolute Gasteiger partial charge is 0.426 e. The van der Waals surface area contributed by atoms with Gasteiger partial charge in [-0.25, -0.2) is 0 Å². The normalized spacial score (nSPS) is 23.6. The molecule has 3 heteroatoms. The number of esters is 1. The van der Waals surface area contributed by atoms with Crippen molar-refractivity contribution < 1.29 is 14.3 Å². The second kappa shape index (κ2) is 6.55. The van der Waals surface area contributed by atoms with Crippen LogP contribution in [0.1, 0.15) is 32.6 Å². The molecule has 2 rings (SSSR count). The Kier molecular flexibility index (Phi) is 4.76. The smallest absolute Gasteiger partial charge is 0.314 e. The Bertz CT molecular complexity index is 367. The Balaban J connectivity index is 1.81. The first-order valence-corrected chi connectivity index (χ1v) is 6.68. The summed E-state index contributed by atoms with van der Waals surface area (Å²) in [5.41, 5.74) is 0. The average Bonchev–Trinajstić information content (AvgIpc) is 2.41. The van der Waals surface area contributed by atoms with Gasteiger partial charge in [-0.15, -0.1) is 0 Å². The van der Waals surface area contributed by atoms with Crippen LogP contribution in [0.5, 0.6) is 5.75 Å². The molecule has 0 radical (unpaired) electrons. The molecule has 0 heterocycles. The van der Waals surface area contributed by atoms with Gasteiger partial charge in [0, 0.05) is 6.61 Å². The zero-order valence-electron chi connectivity index (χ0n) is 10.8. The van der Waals surface area contributed by atoms with Gasteiger partial charge in [-0.05, 0) is 44.7 Å². The Morgan fingerprint density at radius 1 is 1.17 bits per heavy atom. The lowest BCUT2D eigenvalue weighted by molar-refractivity contribution is -0.141. The minimum Gasteiger partial charge on any atom is -0.426 e. The van der Waals surface area contributed by atoms with Crippen molar-refractivity contribution >= 4 is 5.97 Å². The van der Waals surface area contributed by atoms with E-state index < -0.39 is 0 Å². The summed E-state index contributed by atoms with van der Waals surface area (Å²) >= 11 is 0. The van der Waals surface area contributed by atoms with Gasteiger partial charge in [0.05, 0.1) is 12.0 Å². The fourth-order valence-electron chi connectivity index (χ4n) is 2.39. The summed E-state index contributed by atoms with van der Waals surface area (Å²) in [7, 11) is 0. The number of rotatable bonds is 4. The van der Waals surface area contributed by atoms with Crippen LogP contribution in [0.3, 0.4) is 0 Å². The Labute approximate surface area is 108 Å². The summed E-state index contributed by atoms with van der Waals surface area (Å²) < 4.78 is 10.9. The molecule has 0 aromatic heterocycles. The number of carbonyl (C=O) groups is 1. The van der Waals surface area contributed by atoms with Crippen LogP contribution in [0.2, 0.25) is 0 Å². The van der Waals surface area contributed by atoms with Gasteiger partial charge in [-0.1, -0.05) is 18.2 Å². The van der Waals surface area contributed by atoms with Crippen molar-refractivity contribution in [3.8, 4) is 5.75 Å². The molecule has 1 fully saturated rings. The predicted molar refractivity (Wildman–Crippen MR) is 69.4 cm³/mol. The van der Waals surface area contributed by atoms with Gasteiger partial charge in [0.25, 0.3) is 0 Å². The topological polar surface area (TPSA) is 35.5 Å². The molecule has 3 nitrogen and oxygen atoms in total. The van der Waals surface area contributed by atoms with Crippen LogP contribution < -0.4 is 4.74 Å². The van der Waals surface area contributed by atoms with Crippen LogP contribution in [-0.2, 0) is 9.53 Å². The van der Waals surface area contributed by atoms with Crippen LogP contribution >= 0.6 is 0 Å². The molecule has 0 atom stereocenters. The molecular formula is C15H20O3. The first-order valence-electron chi connectivity index (χ1n) is 6.68. The number of hydrogen-bond donors (Lipinski definition) is 0. The molecular weight excluding hydrogens is 228 g/mol. The molecule has 1 saturated carbocycles. The number of ether oxygens (including phenoxy) is 2. The SMILES string of the molecule is CCOC1CCC(C(=O)Oc2ccccc2)CC1. The maximum absolute atomic E-state index is 12.0. The van der Waals surface area contributed by atoms with E-state index in [1.807, 2.05) is 37.3 Å². The Morgan fingerprint density at radius 2 is 1.83 bits per heavy atom. The lowest BCUT2D eigenvalue weighted by Gasteiger charge is -2.26. The molecule has 0 unspecified atom stereocenters.